The zero-order valence-electron chi connectivity index (χ0n) is 8.14. The van der Waals surface area contributed by atoms with Crippen LogP contribution in [0.4, 0.5) is 0 Å². The molecule has 0 aromatic carbocycles. The van der Waals surface area contributed by atoms with Crippen molar-refractivity contribution in [2.24, 2.45) is 5.73 Å². The number of rotatable bonds is 3. The van der Waals surface area contributed by atoms with Gasteiger partial charge >= 0.3 is 0 Å². The van der Waals surface area contributed by atoms with Gasteiger partial charge in [0.05, 0.1) is 0 Å². The summed E-state index contributed by atoms with van der Waals surface area (Å²) in [7, 11) is -0.441. The van der Waals surface area contributed by atoms with Gasteiger partial charge in [-0.2, -0.15) is 0 Å². The van der Waals surface area contributed by atoms with E-state index < -0.39 is 10.0 Å². The number of sulfonamides is 1. The van der Waals surface area contributed by atoms with Gasteiger partial charge in [-0.25, -0.2) is 12.7 Å². The Kier molecular flexibility index (Phi) is 3.20. The van der Waals surface area contributed by atoms with Crippen LogP contribution < -0.4 is 5.73 Å². The molecule has 0 saturated heterocycles. The molecule has 14 heavy (non-hydrogen) atoms. The Hall–Kier alpha value is -0.980. The highest BCUT2D eigenvalue weighted by Crippen LogP contribution is 2.12. The van der Waals surface area contributed by atoms with Crippen molar-refractivity contribution in [1.82, 2.24) is 9.29 Å². The van der Waals surface area contributed by atoms with Gasteiger partial charge in [0.1, 0.15) is 4.90 Å². The molecule has 0 spiro atoms. The lowest BCUT2D eigenvalue weighted by Crippen LogP contribution is -2.22. The molecule has 0 radical (unpaired) electrons. The first kappa shape index (κ1) is 11.1. The lowest BCUT2D eigenvalue weighted by Gasteiger charge is -2.11. The smallest absolute Gasteiger partial charge is 0.244 e. The third-order valence-electron chi connectivity index (χ3n) is 1.78. The molecule has 1 rings (SSSR count). The van der Waals surface area contributed by atoms with Gasteiger partial charge in [-0.05, 0) is 11.6 Å². The molecule has 6 heteroatoms. The van der Waals surface area contributed by atoms with Crippen LogP contribution >= 0.6 is 0 Å². The van der Waals surface area contributed by atoms with Crippen LogP contribution in [0.15, 0.2) is 23.4 Å². The van der Waals surface area contributed by atoms with E-state index in [1.807, 2.05) is 0 Å². The molecule has 5 nitrogen and oxygen atoms in total. The van der Waals surface area contributed by atoms with Crippen LogP contribution in [0.5, 0.6) is 0 Å². The van der Waals surface area contributed by atoms with Gasteiger partial charge in [0.25, 0.3) is 0 Å². The summed E-state index contributed by atoms with van der Waals surface area (Å²) in [6.07, 6.45) is 2.86. The summed E-state index contributed by atoms with van der Waals surface area (Å²) in [5, 5.41) is 0. The maximum Gasteiger partial charge on any atom is 0.244 e. The van der Waals surface area contributed by atoms with E-state index in [1.165, 1.54) is 26.4 Å². The Morgan fingerprint density at radius 1 is 1.43 bits per heavy atom. The van der Waals surface area contributed by atoms with Crippen molar-refractivity contribution in [1.29, 1.82) is 0 Å². The van der Waals surface area contributed by atoms with Gasteiger partial charge in [-0.1, -0.05) is 0 Å². The number of hydrogen-bond acceptors (Lipinski definition) is 4. The Labute approximate surface area is 83.6 Å². The number of aromatic nitrogens is 1. The molecule has 0 atom stereocenters. The van der Waals surface area contributed by atoms with Crippen molar-refractivity contribution in [3.8, 4) is 0 Å². The molecule has 0 aliphatic rings. The Morgan fingerprint density at radius 3 is 2.57 bits per heavy atom. The second-order valence-corrected chi connectivity index (χ2v) is 5.17. The molecule has 0 aliphatic heterocycles. The van der Waals surface area contributed by atoms with Crippen molar-refractivity contribution in [3.63, 3.8) is 0 Å². The van der Waals surface area contributed by atoms with E-state index in [9.17, 15) is 8.42 Å². The van der Waals surface area contributed by atoms with Gasteiger partial charge in [0.15, 0.2) is 0 Å². The number of pyridine rings is 1. The maximum absolute atomic E-state index is 11.6. The standard InChI is InChI=1S/C8H13N3O2S/c1-11(2)14(12,13)8-3-7(4-9)5-10-6-8/h3,5-6H,4,9H2,1-2H3. The molecule has 0 aliphatic carbocycles. The molecule has 1 aromatic rings. The average Bonchev–Trinajstić information content (AvgIpc) is 2.17. The van der Waals surface area contributed by atoms with E-state index in [-0.39, 0.29) is 11.4 Å². The third kappa shape index (κ3) is 2.09. The summed E-state index contributed by atoms with van der Waals surface area (Å²) in [5.41, 5.74) is 6.09. The van der Waals surface area contributed by atoms with E-state index in [0.717, 1.165) is 4.31 Å². The minimum Gasteiger partial charge on any atom is -0.326 e. The Bertz CT molecular complexity index is 414. The molecule has 78 valence electrons. The second-order valence-electron chi connectivity index (χ2n) is 3.02. The largest absolute Gasteiger partial charge is 0.326 e. The van der Waals surface area contributed by atoms with E-state index >= 15 is 0 Å². The monoisotopic (exact) mass is 215 g/mol. The SMILES string of the molecule is CN(C)S(=O)(=O)c1cncc(CN)c1. The first-order chi connectivity index (χ1) is 6.48. The third-order valence-corrected chi connectivity index (χ3v) is 3.56. The number of nitrogens with zero attached hydrogens (tertiary/aromatic N) is 2. The van der Waals surface area contributed by atoms with Gasteiger partial charge in [0, 0.05) is 33.0 Å². The fourth-order valence-electron chi connectivity index (χ4n) is 0.927. The quantitative estimate of drug-likeness (QED) is 0.757. The molecule has 0 fully saturated rings. The van der Waals surface area contributed by atoms with Gasteiger partial charge < -0.3 is 5.73 Å². The summed E-state index contributed by atoms with van der Waals surface area (Å²) in [5.74, 6) is 0. The first-order valence-corrected chi connectivity index (χ1v) is 5.49. The molecule has 0 saturated carbocycles. The topological polar surface area (TPSA) is 76.3 Å². The molecular formula is C8H13N3O2S. The zero-order chi connectivity index (χ0) is 10.8. The molecule has 2 N–H and O–H groups in total. The summed E-state index contributed by atoms with van der Waals surface area (Å²) in [6, 6.07) is 1.53. The van der Waals surface area contributed by atoms with Gasteiger partial charge in [-0.3, -0.25) is 4.98 Å². The van der Waals surface area contributed by atoms with Crippen LogP contribution in [0.2, 0.25) is 0 Å². The van der Waals surface area contributed by atoms with Crippen molar-refractivity contribution >= 4 is 10.0 Å². The Morgan fingerprint density at radius 2 is 2.07 bits per heavy atom. The lowest BCUT2D eigenvalue weighted by atomic mass is 10.3. The van der Waals surface area contributed by atoms with Crippen molar-refractivity contribution in [3.05, 3.63) is 24.0 Å². The van der Waals surface area contributed by atoms with Crippen molar-refractivity contribution < 1.29 is 8.42 Å². The van der Waals surface area contributed by atoms with Crippen LogP contribution in [0, 0.1) is 0 Å². The summed E-state index contributed by atoms with van der Waals surface area (Å²) < 4.78 is 24.4. The molecule has 1 heterocycles. The lowest BCUT2D eigenvalue weighted by molar-refractivity contribution is 0.520. The van der Waals surface area contributed by atoms with Crippen molar-refractivity contribution in [2.75, 3.05) is 14.1 Å². The van der Waals surface area contributed by atoms with Crippen LogP contribution in [-0.2, 0) is 16.6 Å². The predicted molar refractivity (Wildman–Crippen MR) is 53.0 cm³/mol. The fourth-order valence-corrected chi connectivity index (χ4v) is 1.84. The zero-order valence-corrected chi connectivity index (χ0v) is 8.95. The Balaban J connectivity index is 3.20. The first-order valence-electron chi connectivity index (χ1n) is 4.05. The molecular weight excluding hydrogens is 202 g/mol. The molecule has 0 amide bonds. The maximum atomic E-state index is 11.6. The molecule has 1 aromatic heterocycles. The van der Waals surface area contributed by atoms with Gasteiger partial charge in [-0.15, -0.1) is 0 Å². The summed E-state index contributed by atoms with van der Waals surface area (Å²) in [6.45, 7) is 0.282. The van der Waals surface area contributed by atoms with Crippen LogP contribution in [0.3, 0.4) is 0 Å². The predicted octanol–water partition coefficient (Wildman–Crippen LogP) is -0.209. The highest BCUT2D eigenvalue weighted by atomic mass is 32.2. The van der Waals surface area contributed by atoms with E-state index in [4.69, 9.17) is 5.73 Å². The fraction of sp³-hybridized carbons (Fsp3) is 0.375. The molecule has 0 bridgehead atoms. The highest BCUT2D eigenvalue weighted by Gasteiger charge is 2.17. The minimum absolute atomic E-state index is 0.172. The van der Waals surface area contributed by atoms with Crippen LogP contribution in [0.25, 0.3) is 0 Å². The summed E-state index contributed by atoms with van der Waals surface area (Å²) >= 11 is 0. The highest BCUT2D eigenvalue weighted by molar-refractivity contribution is 7.89. The van der Waals surface area contributed by atoms with Crippen molar-refractivity contribution in [2.45, 2.75) is 11.4 Å². The number of hydrogen-bond donors (Lipinski definition) is 1. The van der Waals surface area contributed by atoms with Crippen LogP contribution in [-0.4, -0.2) is 31.8 Å². The normalized spacial score (nSPS) is 12.0. The van der Waals surface area contributed by atoms with E-state index in [1.54, 1.807) is 6.20 Å². The van der Waals surface area contributed by atoms with Crippen LogP contribution in [0.1, 0.15) is 5.56 Å². The minimum atomic E-state index is -3.39. The average molecular weight is 215 g/mol. The van der Waals surface area contributed by atoms with E-state index in [0.29, 0.717) is 5.56 Å². The second kappa shape index (κ2) is 4.04. The van der Waals surface area contributed by atoms with Gasteiger partial charge in [0.2, 0.25) is 10.0 Å². The number of nitrogens with two attached hydrogens (primary N) is 1. The summed E-state index contributed by atoms with van der Waals surface area (Å²) in [4.78, 5) is 3.99. The molecule has 0 unspecified atom stereocenters. The van der Waals surface area contributed by atoms with E-state index in [2.05, 4.69) is 4.98 Å².